The van der Waals surface area contributed by atoms with Crippen LogP contribution in [0.1, 0.15) is 24.8 Å². The standard InChI is InChI=1S/C27H35N3O5/c31-23-17-30(16-20-2-1-3-22(14-20)21-6-8-28-9-7-21)25-5-4-24(35-26(25)19-34-18-23)15-27(32)29-10-12-33-13-11-29/h1-3,6-9,14,23-26,31H,4-5,10-13,15-19H2/t23-,24-,25-,26+/m0/s1. The van der Waals surface area contributed by atoms with E-state index in [0.717, 1.165) is 30.5 Å². The van der Waals surface area contributed by atoms with Gasteiger partial charge in [0, 0.05) is 44.6 Å². The summed E-state index contributed by atoms with van der Waals surface area (Å²) in [5.41, 5.74) is 3.48. The molecule has 0 bridgehead atoms. The van der Waals surface area contributed by atoms with E-state index in [0.29, 0.717) is 45.9 Å². The molecule has 1 aromatic heterocycles. The third kappa shape index (κ3) is 6.26. The predicted octanol–water partition coefficient (Wildman–Crippen LogP) is 2.11. The number of fused-ring (bicyclic) bond motifs is 1. The third-order valence-electron chi connectivity index (χ3n) is 7.18. The normalized spacial score (nSPS) is 28.1. The number of aliphatic hydroxyl groups is 1. The first-order chi connectivity index (χ1) is 17.2. The lowest BCUT2D eigenvalue weighted by Gasteiger charge is -2.44. The number of rotatable bonds is 5. The molecule has 0 saturated carbocycles. The molecule has 5 rings (SSSR count). The van der Waals surface area contributed by atoms with Crippen LogP contribution in [0.2, 0.25) is 0 Å². The van der Waals surface area contributed by atoms with Crippen LogP contribution < -0.4 is 0 Å². The van der Waals surface area contributed by atoms with Gasteiger partial charge in [0.1, 0.15) is 0 Å². The number of pyridine rings is 1. The van der Waals surface area contributed by atoms with Gasteiger partial charge in [-0.3, -0.25) is 14.7 Å². The van der Waals surface area contributed by atoms with Crippen LogP contribution in [-0.4, -0.2) is 96.2 Å². The van der Waals surface area contributed by atoms with Crippen LogP contribution in [0.5, 0.6) is 0 Å². The number of hydrogen-bond acceptors (Lipinski definition) is 7. The van der Waals surface area contributed by atoms with E-state index < -0.39 is 6.10 Å². The molecule has 4 atom stereocenters. The van der Waals surface area contributed by atoms with Gasteiger partial charge in [-0.1, -0.05) is 18.2 Å². The number of aliphatic hydroxyl groups excluding tert-OH is 1. The molecule has 1 N–H and O–H groups in total. The Kier molecular flexibility index (Phi) is 8.06. The minimum Gasteiger partial charge on any atom is -0.389 e. The molecule has 0 aliphatic carbocycles. The Labute approximate surface area is 206 Å². The molecule has 1 aromatic carbocycles. The predicted molar refractivity (Wildman–Crippen MR) is 131 cm³/mol. The van der Waals surface area contributed by atoms with E-state index in [9.17, 15) is 9.90 Å². The molecule has 8 nitrogen and oxygen atoms in total. The highest BCUT2D eigenvalue weighted by molar-refractivity contribution is 5.76. The Bertz CT molecular complexity index is 968. The summed E-state index contributed by atoms with van der Waals surface area (Å²) in [5.74, 6) is 0.142. The minimum absolute atomic E-state index is 0.101. The van der Waals surface area contributed by atoms with E-state index in [4.69, 9.17) is 14.2 Å². The van der Waals surface area contributed by atoms with Crippen molar-refractivity contribution in [2.45, 2.75) is 50.2 Å². The molecule has 3 aliphatic heterocycles. The van der Waals surface area contributed by atoms with Gasteiger partial charge >= 0.3 is 0 Å². The number of carbonyl (C=O) groups is 1. The number of amides is 1. The van der Waals surface area contributed by atoms with Crippen LogP contribution in [0.4, 0.5) is 0 Å². The largest absolute Gasteiger partial charge is 0.389 e. The summed E-state index contributed by atoms with van der Waals surface area (Å²) in [6.07, 6.45) is 4.98. The van der Waals surface area contributed by atoms with Gasteiger partial charge in [-0.15, -0.1) is 0 Å². The van der Waals surface area contributed by atoms with Gasteiger partial charge in [0.2, 0.25) is 5.91 Å². The lowest BCUT2D eigenvalue weighted by molar-refractivity contribution is -0.162. The summed E-state index contributed by atoms with van der Waals surface area (Å²) in [7, 11) is 0. The van der Waals surface area contributed by atoms with Crippen molar-refractivity contribution in [3.63, 3.8) is 0 Å². The van der Waals surface area contributed by atoms with E-state index >= 15 is 0 Å². The van der Waals surface area contributed by atoms with Crippen molar-refractivity contribution in [1.29, 1.82) is 0 Å². The third-order valence-corrected chi connectivity index (χ3v) is 7.18. The molecule has 3 aliphatic rings. The molecule has 0 spiro atoms. The monoisotopic (exact) mass is 481 g/mol. The summed E-state index contributed by atoms with van der Waals surface area (Å²) in [6, 6.07) is 12.7. The number of nitrogens with zero attached hydrogens (tertiary/aromatic N) is 3. The average Bonchev–Trinajstić information content (AvgIpc) is 2.89. The zero-order valence-corrected chi connectivity index (χ0v) is 20.1. The highest BCUT2D eigenvalue weighted by atomic mass is 16.5. The Balaban J connectivity index is 1.26. The first kappa shape index (κ1) is 24.3. The highest BCUT2D eigenvalue weighted by Gasteiger charge is 2.38. The molecule has 2 aromatic rings. The van der Waals surface area contributed by atoms with Crippen LogP contribution >= 0.6 is 0 Å². The number of aromatic nitrogens is 1. The highest BCUT2D eigenvalue weighted by Crippen LogP contribution is 2.30. The molecule has 0 radical (unpaired) electrons. The SMILES string of the molecule is O=C(C[C@@H]1CC[C@H]2[C@@H](COC[C@@H](O)CN2Cc2cccc(-c3ccncc3)c2)O1)N1CCOCC1. The molecule has 0 unspecified atom stereocenters. The Morgan fingerprint density at radius 1 is 1.03 bits per heavy atom. The lowest BCUT2D eigenvalue weighted by atomic mass is 9.94. The quantitative estimate of drug-likeness (QED) is 0.700. The molecular formula is C27H35N3O5. The number of hydrogen-bond donors (Lipinski definition) is 1. The number of benzene rings is 1. The first-order valence-corrected chi connectivity index (χ1v) is 12.7. The number of morpholine rings is 1. The molecule has 4 heterocycles. The van der Waals surface area contributed by atoms with Gasteiger partial charge in [-0.2, -0.15) is 0 Å². The van der Waals surface area contributed by atoms with Crippen molar-refractivity contribution in [1.82, 2.24) is 14.8 Å². The average molecular weight is 482 g/mol. The van der Waals surface area contributed by atoms with Crippen molar-refractivity contribution >= 4 is 5.91 Å². The van der Waals surface area contributed by atoms with E-state index in [2.05, 4.69) is 34.1 Å². The molecule has 35 heavy (non-hydrogen) atoms. The van der Waals surface area contributed by atoms with E-state index in [1.807, 2.05) is 17.0 Å². The molecule has 3 fully saturated rings. The summed E-state index contributed by atoms with van der Waals surface area (Å²) in [6.45, 7) is 4.50. The fraction of sp³-hybridized carbons (Fsp3) is 0.556. The van der Waals surface area contributed by atoms with E-state index in [1.165, 1.54) is 5.56 Å². The van der Waals surface area contributed by atoms with Crippen LogP contribution in [0, 0.1) is 0 Å². The van der Waals surface area contributed by atoms with Gasteiger partial charge in [0.15, 0.2) is 0 Å². The minimum atomic E-state index is -0.542. The van der Waals surface area contributed by atoms with Gasteiger partial charge in [-0.05, 0) is 47.7 Å². The molecular weight excluding hydrogens is 446 g/mol. The number of β-amino-alcohol motifs (C(OH)–C–C–N with tert-alkyl or cyclic N) is 1. The maximum Gasteiger partial charge on any atom is 0.225 e. The first-order valence-electron chi connectivity index (χ1n) is 12.7. The summed E-state index contributed by atoms with van der Waals surface area (Å²) in [5, 5.41) is 10.5. The summed E-state index contributed by atoms with van der Waals surface area (Å²) < 4.78 is 17.6. The Morgan fingerprint density at radius 3 is 2.69 bits per heavy atom. The second-order valence-electron chi connectivity index (χ2n) is 9.70. The van der Waals surface area contributed by atoms with Crippen LogP contribution in [0.25, 0.3) is 11.1 Å². The van der Waals surface area contributed by atoms with Gasteiger partial charge in [-0.25, -0.2) is 0 Å². The van der Waals surface area contributed by atoms with E-state index in [-0.39, 0.29) is 30.8 Å². The van der Waals surface area contributed by atoms with Crippen molar-refractivity contribution in [3.8, 4) is 11.1 Å². The number of carbonyl (C=O) groups excluding carboxylic acids is 1. The van der Waals surface area contributed by atoms with Gasteiger partial charge < -0.3 is 24.2 Å². The van der Waals surface area contributed by atoms with Crippen LogP contribution in [0.3, 0.4) is 0 Å². The van der Waals surface area contributed by atoms with Gasteiger partial charge in [0.05, 0.1) is 51.2 Å². The zero-order chi connectivity index (χ0) is 24.0. The van der Waals surface area contributed by atoms with Gasteiger partial charge in [0.25, 0.3) is 0 Å². The maximum atomic E-state index is 12.8. The fourth-order valence-electron chi connectivity index (χ4n) is 5.39. The summed E-state index contributed by atoms with van der Waals surface area (Å²) >= 11 is 0. The Hall–Kier alpha value is -2.36. The summed E-state index contributed by atoms with van der Waals surface area (Å²) in [4.78, 5) is 21.1. The second kappa shape index (κ2) is 11.6. The molecule has 3 saturated heterocycles. The smallest absolute Gasteiger partial charge is 0.225 e. The zero-order valence-electron chi connectivity index (χ0n) is 20.1. The van der Waals surface area contributed by atoms with E-state index in [1.54, 1.807) is 12.4 Å². The van der Waals surface area contributed by atoms with Crippen molar-refractivity contribution in [2.75, 3.05) is 46.1 Å². The van der Waals surface area contributed by atoms with Crippen LogP contribution in [0.15, 0.2) is 48.8 Å². The van der Waals surface area contributed by atoms with Crippen molar-refractivity contribution in [3.05, 3.63) is 54.4 Å². The topological polar surface area (TPSA) is 84.4 Å². The maximum absolute atomic E-state index is 12.8. The number of ether oxygens (including phenoxy) is 3. The van der Waals surface area contributed by atoms with Crippen molar-refractivity contribution < 1.29 is 24.1 Å². The fourth-order valence-corrected chi connectivity index (χ4v) is 5.39. The van der Waals surface area contributed by atoms with Crippen LogP contribution in [-0.2, 0) is 25.5 Å². The molecule has 188 valence electrons. The van der Waals surface area contributed by atoms with Crippen molar-refractivity contribution in [2.24, 2.45) is 0 Å². The Morgan fingerprint density at radius 2 is 1.86 bits per heavy atom. The molecule has 8 heteroatoms. The lowest BCUT2D eigenvalue weighted by Crippen LogP contribution is -2.55. The molecule has 1 amide bonds. The second-order valence-corrected chi connectivity index (χ2v) is 9.70.